The van der Waals surface area contributed by atoms with Gasteiger partial charge in [-0.25, -0.2) is 4.79 Å². The number of hydrogen-bond acceptors (Lipinski definition) is 6. The summed E-state index contributed by atoms with van der Waals surface area (Å²) in [6.07, 6.45) is 9.95. The molecule has 1 aromatic rings. The van der Waals surface area contributed by atoms with Crippen molar-refractivity contribution >= 4 is 5.97 Å². The van der Waals surface area contributed by atoms with Crippen LogP contribution in [0.2, 0.25) is 0 Å². The van der Waals surface area contributed by atoms with Gasteiger partial charge in [-0.2, -0.15) is 0 Å². The Labute approximate surface area is 210 Å². The van der Waals surface area contributed by atoms with E-state index in [-0.39, 0.29) is 35.5 Å². The average molecular weight is 487 g/mol. The van der Waals surface area contributed by atoms with Crippen LogP contribution in [-0.2, 0) is 18.9 Å². The van der Waals surface area contributed by atoms with E-state index in [1.165, 1.54) is 12.8 Å². The number of carbonyl (C=O) groups excluding carboxylic acids is 1. The summed E-state index contributed by atoms with van der Waals surface area (Å²) in [4.78, 5) is 12.7. The molecule has 2 aliphatic heterocycles. The standard InChI is InChI=1S/C29H42O6/c1-28(2)25(34-28)17-31-22-11-5-19(6-12-22)20-7-15-24(16-8-20)33-27(30)21-9-13-23(14-10-21)32-18-26-29(3,4)35-26/h9-10,13-14,19-20,22,24-26H,5-8,11-12,15-18H2,1-4H3. The molecule has 0 spiro atoms. The van der Waals surface area contributed by atoms with E-state index in [1.54, 1.807) is 12.1 Å². The quantitative estimate of drug-likeness (QED) is 0.329. The van der Waals surface area contributed by atoms with E-state index in [4.69, 9.17) is 23.7 Å². The molecule has 0 amide bonds. The number of ether oxygens (including phenoxy) is 5. The third-order valence-electron chi connectivity index (χ3n) is 8.68. The molecule has 6 nitrogen and oxygen atoms in total. The van der Waals surface area contributed by atoms with Crippen molar-refractivity contribution in [3.63, 3.8) is 0 Å². The summed E-state index contributed by atoms with van der Waals surface area (Å²) in [5.74, 6) is 2.07. The maximum absolute atomic E-state index is 12.7. The van der Waals surface area contributed by atoms with Gasteiger partial charge in [0.05, 0.1) is 29.5 Å². The van der Waals surface area contributed by atoms with E-state index in [2.05, 4.69) is 27.7 Å². The van der Waals surface area contributed by atoms with E-state index in [9.17, 15) is 4.79 Å². The highest BCUT2D eigenvalue weighted by Gasteiger charge is 2.49. The van der Waals surface area contributed by atoms with Gasteiger partial charge in [-0.1, -0.05) is 0 Å². The van der Waals surface area contributed by atoms with Crippen molar-refractivity contribution in [2.75, 3.05) is 13.2 Å². The third kappa shape index (κ3) is 6.39. The zero-order chi connectivity index (χ0) is 24.6. The lowest BCUT2D eigenvalue weighted by atomic mass is 9.72. The van der Waals surface area contributed by atoms with Gasteiger partial charge in [0, 0.05) is 0 Å². The minimum atomic E-state index is -0.230. The van der Waals surface area contributed by atoms with Gasteiger partial charge in [0.1, 0.15) is 30.7 Å². The predicted molar refractivity (Wildman–Crippen MR) is 133 cm³/mol. The first-order valence-corrected chi connectivity index (χ1v) is 13.6. The summed E-state index contributed by atoms with van der Waals surface area (Å²) in [6, 6.07) is 7.25. The van der Waals surface area contributed by atoms with Crippen LogP contribution in [-0.4, -0.2) is 54.8 Å². The summed E-state index contributed by atoms with van der Waals surface area (Å²) in [6.45, 7) is 9.64. The molecule has 2 atom stereocenters. The van der Waals surface area contributed by atoms with Crippen LogP contribution in [0, 0.1) is 11.8 Å². The van der Waals surface area contributed by atoms with Crippen LogP contribution < -0.4 is 4.74 Å². The number of benzene rings is 1. The molecular weight excluding hydrogens is 444 g/mol. The van der Waals surface area contributed by atoms with E-state index >= 15 is 0 Å². The average Bonchev–Trinajstić information content (AvgIpc) is 3.69. The Morgan fingerprint density at radius 1 is 0.771 bits per heavy atom. The fourth-order valence-electron chi connectivity index (χ4n) is 5.84. The maximum atomic E-state index is 12.7. The molecule has 4 fully saturated rings. The van der Waals surface area contributed by atoms with Crippen LogP contribution in [0.4, 0.5) is 0 Å². The second-order valence-corrected chi connectivity index (χ2v) is 12.1. The number of epoxide rings is 2. The summed E-state index contributed by atoms with van der Waals surface area (Å²) in [7, 11) is 0. The van der Waals surface area contributed by atoms with E-state index in [1.807, 2.05) is 12.1 Å². The molecule has 2 aliphatic carbocycles. The molecule has 2 unspecified atom stereocenters. The molecule has 0 bridgehead atoms. The Morgan fingerprint density at radius 3 is 1.77 bits per heavy atom. The van der Waals surface area contributed by atoms with Gasteiger partial charge in [0.15, 0.2) is 0 Å². The molecule has 6 heteroatoms. The largest absolute Gasteiger partial charge is 0.491 e. The number of hydrogen-bond donors (Lipinski definition) is 0. The van der Waals surface area contributed by atoms with Crippen LogP contribution in [0.25, 0.3) is 0 Å². The summed E-state index contributed by atoms with van der Waals surface area (Å²) < 4.78 is 28.9. The minimum absolute atomic E-state index is 0.0141. The molecular formula is C29H42O6. The van der Waals surface area contributed by atoms with E-state index < -0.39 is 0 Å². The van der Waals surface area contributed by atoms with Gasteiger partial charge in [-0.05, 0) is 115 Å². The Morgan fingerprint density at radius 2 is 1.26 bits per heavy atom. The molecule has 0 aromatic heterocycles. The molecule has 5 rings (SSSR count). The van der Waals surface area contributed by atoms with Crippen LogP contribution >= 0.6 is 0 Å². The lowest BCUT2D eigenvalue weighted by molar-refractivity contribution is -0.00862. The summed E-state index contributed by atoms with van der Waals surface area (Å²) in [5, 5.41) is 0. The van der Waals surface area contributed by atoms with Gasteiger partial charge >= 0.3 is 5.97 Å². The fourth-order valence-corrected chi connectivity index (χ4v) is 5.84. The highest BCUT2D eigenvalue weighted by Crippen LogP contribution is 2.41. The van der Waals surface area contributed by atoms with Crippen LogP contribution in [0.3, 0.4) is 0 Å². The first-order valence-electron chi connectivity index (χ1n) is 13.6. The van der Waals surface area contributed by atoms with Gasteiger partial charge in [0.2, 0.25) is 0 Å². The van der Waals surface area contributed by atoms with Gasteiger partial charge in [-0.15, -0.1) is 0 Å². The Bertz CT molecular complexity index is 862. The van der Waals surface area contributed by atoms with Gasteiger partial charge in [0.25, 0.3) is 0 Å². The molecule has 0 radical (unpaired) electrons. The predicted octanol–water partition coefficient (Wildman–Crippen LogP) is 5.71. The van der Waals surface area contributed by atoms with E-state index in [0.29, 0.717) is 18.3 Å². The lowest BCUT2D eigenvalue weighted by Crippen LogP contribution is -2.31. The SMILES string of the molecule is CC1(C)OC1COc1ccc(C(=O)OC2CCC(C3CCC(OCC4OC4(C)C)CC3)CC2)cc1. The highest BCUT2D eigenvalue weighted by molar-refractivity contribution is 5.89. The first kappa shape index (κ1) is 25.0. The second kappa shape index (κ2) is 10.0. The smallest absolute Gasteiger partial charge is 0.338 e. The van der Waals surface area contributed by atoms with Crippen molar-refractivity contribution in [1.82, 2.24) is 0 Å². The number of rotatable bonds is 9. The topological polar surface area (TPSA) is 69.8 Å². The molecule has 2 saturated heterocycles. The van der Waals surface area contributed by atoms with Crippen LogP contribution in [0.1, 0.15) is 89.4 Å². The molecule has 194 valence electrons. The summed E-state index contributed by atoms with van der Waals surface area (Å²) >= 11 is 0. The monoisotopic (exact) mass is 486 g/mol. The molecule has 2 saturated carbocycles. The van der Waals surface area contributed by atoms with Crippen LogP contribution in [0.5, 0.6) is 5.75 Å². The van der Waals surface area contributed by atoms with Crippen molar-refractivity contribution < 1.29 is 28.5 Å². The number of carbonyl (C=O) groups is 1. The molecule has 0 N–H and O–H groups in total. The summed E-state index contributed by atoms with van der Waals surface area (Å²) in [5.41, 5.74) is 0.514. The molecule has 1 aromatic carbocycles. The van der Waals surface area contributed by atoms with E-state index in [0.717, 1.165) is 62.7 Å². The zero-order valence-electron chi connectivity index (χ0n) is 21.8. The molecule has 2 heterocycles. The van der Waals surface area contributed by atoms with Crippen molar-refractivity contribution in [3.8, 4) is 5.75 Å². The first-order chi connectivity index (χ1) is 16.7. The van der Waals surface area contributed by atoms with Gasteiger partial charge in [-0.3, -0.25) is 0 Å². The minimum Gasteiger partial charge on any atom is -0.491 e. The zero-order valence-corrected chi connectivity index (χ0v) is 21.8. The molecule has 4 aliphatic rings. The normalized spacial score (nSPS) is 35.2. The second-order valence-electron chi connectivity index (χ2n) is 12.1. The van der Waals surface area contributed by atoms with Crippen molar-refractivity contribution in [3.05, 3.63) is 29.8 Å². The van der Waals surface area contributed by atoms with Crippen LogP contribution in [0.15, 0.2) is 24.3 Å². The Kier molecular flexibility index (Phi) is 7.17. The third-order valence-corrected chi connectivity index (χ3v) is 8.68. The highest BCUT2D eigenvalue weighted by atomic mass is 16.6. The Hall–Kier alpha value is -1.63. The maximum Gasteiger partial charge on any atom is 0.338 e. The Balaban J connectivity index is 0.983. The van der Waals surface area contributed by atoms with Gasteiger partial charge < -0.3 is 23.7 Å². The fraction of sp³-hybridized carbons (Fsp3) is 0.759. The lowest BCUT2D eigenvalue weighted by Gasteiger charge is -2.37. The molecule has 35 heavy (non-hydrogen) atoms. The van der Waals surface area contributed by atoms with Crippen molar-refractivity contribution in [1.29, 1.82) is 0 Å². The number of esters is 1. The van der Waals surface area contributed by atoms with Crippen molar-refractivity contribution in [2.45, 2.75) is 115 Å². The van der Waals surface area contributed by atoms with Crippen molar-refractivity contribution in [2.24, 2.45) is 11.8 Å².